The van der Waals surface area contributed by atoms with Gasteiger partial charge >= 0.3 is 0 Å². The molecule has 0 radical (unpaired) electrons. The number of sulfone groups is 1. The van der Waals surface area contributed by atoms with Gasteiger partial charge in [0.2, 0.25) is 5.89 Å². The third kappa shape index (κ3) is 6.92. The summed E-state index contributed by atoms with van der Waals surface area (Å²) in [5.41, 5.74) is 2.10. The topological polar surface area (TPSA) is 89.7 Å². The molecule has 8 heteroatoms. The van der Waals surface area contributed by atoms with Gasteiger partial charge in [-0.2, -0.15) is 0 Å². The summed E-state index contributed by atoms with van der Waals surface area (Å²) in [4.78, 5) is 18.9. The van der Waals surface area contributed by atoms with Crippen LogP contribution in [-0.4, -0.2) is 45.1 Å². The number of Topliss-reactive ketones (excluding diaryl/α,β-unsaturated/α-hetero) is 1. The van der Waals surface area contributed by atoms with Crippen LogP contribution in [0.5, 0.6) is 5.75 Å². The van der Waals surface area contributed by atoms with Crippen LogP contribution in [0.1, 0.15) is 31.2 Å². The Bertz CT molecular complexity index is 1170. The second-order valence-corrected chi connectivity index (χ2v) is 9.91. The lowest BCUT2D eigenvalue weighted by Crippen LogP contribution is -2.25. The minimum atomic E-state index is -3.66. The summed E-state index contributed by atoms with van der Waals surface area (Å²) in [5, 5.41) is 0. The monoisotopic (exact) mass is 470 g/mol. The zero-order valence-corrected chi connectivity index (χ0v) is 20.1. The molecule has 0 N–H and O–H groups in total. The van der Waals surface area contributed by atoms with Gasteiger partial charge in [-0.25, -0.2) is 13.4 Å². The van der Waals surface area contributed by atoms with Crippen molar-refractivity contribution in [1.82, 2.24) is 4.98 Å². The molecule has 3 aromatic rings. The quantitative estimate of drug-likeness (QED) is 0.386. The maximum Gasteiger partial charge on any atom is 0.226 e. The first-order chi connectivity index (χ1) is 15.8. The van der Waals surface area contributed by atoms with Crippen molar-refractivity contribution in [2.75, 3.05) is 30.9 Å². The SMILES string of the molecule is CCN(CCCC(=O)CS(=O)(=O)Cc1nc(-c2cccc(OC)c2)oc1C)c1ccccc1. The molecule has 0 aliphatic rings. The number of para-hydroxylation sites is 1. The lowest BCUT2D eigenvalue weighted by atomic mass is 10.2. The van der Waals surface area contributed by atoms with E-state index in [-0.39, 0.29) is 18.0 Å². The number of anilines is 1. The maximum absolute atomic E-state index is 12.7. The van der Waals surface area contributed by atoms with Gasteiger partial charge in [-0.15, -0.1) is 0 Å². The van der Waals surface area contributed by atoms with Crippen LogP contribution in [0.2, 0.25) is 0 Å². The highest BCUT2D eigenvalue weighted by atomic mass is 32.2. The number of nitrogens with zero attached hydrogens (tertiary/aromatic N) is 2. The molecule has 0 bridgehead atoms. The number of rotatable bonds is 12. The Kier molecular flexibility index (Phi) is 8.27. The fourth-order valence-corrected chi connectivity index (χ4v) is 5.02. The summed E-state index contributed by atoms with van der Waals surface area (Å²) in [5.74, 6) is 0.285. The van der Waals surface area contributed by atoms with E-state index in [4.69, 9.17) is 9.15 Å². The van der Waals surface area contributed by atoms with E-state index in [1.807, 2.05) is 36.4 Å². The van der Waals surface area contributed by atoms with E-state index in [1.54, 1.807) is 32.2 Å². The molecule has 0 aliphatic carbocycles. The highest BCUT2D eigenvalue weighted by molar-refractivity contribution is 7.91. The third-order valence-electron chi connectivity index (χ3n) is 5.33. The van der Waals surface area contributed by atoms with E-state index in [0.29, 0.717) is 41.6 Å². The number of hydrogen-bond acceptors (Lipinski definition) is 7. The molecule has 2 aromatic carbocycles. The molecule has 1 aromatic heterocycles. The van der Waals surface area contributed by atoms with Crippen LogP contribution in [0.15, 0.2) is 59.0 Å². The smallest absolute Gasteiger partial charge is 0.226 e. The summed E-state index contributed by atoms with van der Waals surface area (Å²) in [7, 11) is -2.09. The molecule has 0 saturated carbocycles. The number of aryl methyl sites for hydroxylation is 1. The Morgan fingerprint density at radius 3 is 2.58 bits per heavy atom. The average Bonchev–Trinajstić information content (AvgIpc) is 3.16. The number of carbonyl (C=O) groups excluding carboxylic acids is 1. The Morgan fingerprint density at radius 1 is 1.12 bits per heavy atom. The Balaban J connectivity index is 1.56. The number of ether oxygens (including phenoxy) is 1. The van der Waals surface area contributed by atoms with Crippen molar-refractivity contribution in [2.45, 2.75) is 32.4 Å². The molecule has 0 fully saturated rings. The summed E-state index contributed by atoms with van der Waals surface area (Å²) >= 11 is 0. The highest BCUT2D eigenvalue weighted by Gasteiger charge is 2.22. The van der Waals surface area contributed by atoms with Crippen molar-refractivity contribution in [1.29, 1.82) is 0 Å². The summed E-state index contributed by atoms with van der Waals surface area (Å²) in [6.07, 6.45) is 0.815. The lowest BCUT2D eigenvalue weighted by molar-refractivity contribution is -0.116. The molecule has 1 heterocycles. The van der Waals surface area contributed by atoms with Gasteiger partial charge in [0, 0.05) is 30.8 Å². The van der Waals surface area contributed by atoms with Crippen molar-refractivity contribution in [3.8, 4) is 17.2 Å². The number of ketones is 1. The first-order valence-corrected chi connectivity index (χ1v) is 12.8. The molecule has 3 rings (SSSR count). The first kappa shape index (κ1) is 24.5. The number of methoxy groups -OCH3 is 1. The van der Waals surface area contributed by atoms with Gasteiger partial charge in [0.05, 0.1) is 18.6 Å². The van der Waals surface area contributed by atoms with Crippen molar-refractivity contribution in [2.24, 2.45) is 0 Å². The van der Waals surface area contributed by atoms with E-state index in [1.165, 1.54) is 0 Å². The standard InChI is InChI=1S/C25H30N2O5S/c1-4-27(21-11-6-5-7-12-21)15-9-13-22(28)17-33(29,30)18-24-19(2)32-25(26-24)20-10-8-14-23(16-20)31-3/h5-8,10-12,14,16H,4,9,13,15,17-18H2,1-3H3. The third-order valence-corrected chi connectivity index (χ3v) is 6.81. The Labute approximate surface area is 195 Å². The number of oxazole rings is 1. The minimum absolute atomic E-state index is 0.218. The molecule has 7 nitrogen and oxygen atoms in total. The second kappa shape index (κ2) is 11.1. The normalized spacial score (nSPS) is 11.4. The van der Waals surface area contributed by atoms with Crippen molar-refractivity contribution < 1.29 is 22.4 Å². The van der Waals surface area contributed by atoms with Crippen LogP contribution in [-0.2, 0) is 20.4 Å². The van der Waals surface area contributed by atoms with Crippen LogP contribution >= 0.6 is 0 Å². The van der Waals surface area contributed by atoms with Crippen LogP contribution < -0.4 is 9.64 Å². The summed E-state index contributed by atoms with van der Waals surface area (Å²) in [6.45, 7) is 5.24. The van der Waals surface area contributed by atoms with Crippen molar-refractivity contribution >= 4 is 21.3 Å². The Hall–Kier alpha value is -3.13. The van der Waals surface area contributed by atoms with E-state index in [9.17, 15) is 13.2 Å². The summed E-state index contributed by atoms with van der Waals surface area (Å²) < 4.78 is 36.2. The zero-order valence-electron chi connectivity index (χ0n) is 19.3. The molecule has 0 aliphatic heterocycles. The molecule has 0 spiro atoms. The van der Waals surface area contributed by atoms with E-state index in [2.05, 4.69) is 16.8 Å². The fourth-order valence-electron chi connectivity index (χ4n) is 3.59. The lowest BCUT2D eigenvalue weighted by Gasteiger charge is -2.22. The number of carbonyl (C=O) groups is 1. The van der Waals surface area contributed by atoms with Crippen molar-refractivity contribution in [3.63, 3.8) is 0 Å². The first-order valence-electron chi connectivity index (χ1n) is 10.9. The molecular weight excluding hydrogens is 440 g/mol. The fraction of sp³-hybridized carbons (Fsp3) is 0.360. The molecule has 0 atom stereocenters. The molecule has 176 valence electrons. The molecule has 33 heavy (non-hydrogen) atoms. The van der Waals surface area contributed by atoms with Crippen LogP contribution in [0.25, 0.3) is 11.5 Å². The van der Waals surface area contributed by atoms with Crippen LogP contribution in [0.3, 0.4) is 0 Å². The predicted octanol–water partition coefficient (Wildman–Crippen LogP) is 4.45. The van der Waals surface area contributed by atoms with E-state index >= 15 is 0 Å². The number of benzene rings is 2. The van der Waals surface area contributed by atoms with Gasteiger partial charge in [-0.3, -0.25) is 4.79 Å². The van der Waals surface area contributed by atoms with E-state index < -0.39 is 15.6 Å². The average molecular weight is 471 g/mol. The van der Waals surface area contributed by atoms with Gasteiger partial charge in [0.1, 0.15) is 23.0 Å². The van der Waals surface area contributed by atoms with Crippen LogP contribution in [0, 0.1) is 6.92 Å². The van der Waals surface area contributed by atoms with Gasteiger partial charge < -0.3 is 14.1 Å². The summed E-state index contributed by atoms with van der Waals surface area (Å²) in [6, 6.07) is 17.1. The van der Waals surface area contributed by atoms with Gasteiger partial charge in [-0.05, 0) is 50.6 Å². The molecule has 0 saturated heterocycles. The minimum Gasteiger partial charge on any atom is -0.497 e. The number of aromatic nitrogens is 1. The number of hydrogen-bond donors (Lipinski definition) is 0. The predicted molar refractivity (Wildman–Crippen MR) is 129 cm³/mol. The second-order valence-electron chi connectivity index (χ2n) is 7.84. The largest absolute Gasteiger partial charge is 0.497 e. The van der Waals surface area contributed by atoms with Crippen molar-refractivity contribution in [3.05, 3.63) is 66.1 Å². The van der Waals surface area contributed by atoms with Crippen LogP contribution in [0.4, 0.5) is 5.69 Å². The molecule has 0 unspecified atom stereocenters. The molecular formula is C25H30N2O5S. The molecule has 0 amide bonds. The highest BCUT2D eigenvalue weighted by Crippen LogP contribution is 2.26. The van der Waals surface area contributed by atoms with E-state index in [0.717, 1.165) is 12.2 Å². The maximum atomic E-state index is 12.7. The van der Waals surface area contributed by atoms with Gasteiger partial charge in [0.15, 0.2) is 9.84 Å². The van der Waals surface area contributed by atoms with Gasteiger partial charge in [-0.1, -0.05) is 24.3 Å². The zero-order chi connectivity index (χ0) is 23.8. The van der Waals surface area contributed by atoms with Gasteiger partial charge in [0.25, 0.3) is 0 Å². The Morgan fingerprint density at radius 2 is 1.88 bits per heavy atom.